The molecule has 25 heavy (non-hydrogen) atoms. The molecule has 0 atom stereocenters. The smallest absolute Gasteiger partial charge is 0.0822 e. The van der Waals surface area contributed by atoms with Gasteiger partial charge >= 0.3 is 0 Å². The molecule has 0 saturated heterocycles. The summed E-state index contributed by atoms with van der Waals surface area (Å²) in [5.74, 6) is 0. The van der Waals surface area contributed by atoms with Crippen LogP contribution in [0.2, 0.25) is 0 Å². The molecule has 2 nitrogen and oxygen atoms in total. The van der Waals surface area contributed by atoms with Gasteiger partial charge in [0.05, 0.1) is 5.69 Å². The maximum atomic E-state index is 4.75. The fraction of sp³-hybridized carbons (Fsp3) is 0. The van der Waals surface area contributed by atoms with Crippen molar-refractivity contribution < 1.29 is 0 Å². The Morgan fingerprint density at radius 2 is 1.36 bits per heavy atom. The van der Waals surface area contributed by atoms with E-state index < -0.39 is 0 Å². The molecule has 6 rings (SSSR count). The zero-order valence-electron chi connectivity index (χ0n) is 13.5. The van der Waals surface area contributed by atoms with Crippen LogP contribution < -0.4 is 5.32 Å². The predicted octanol–water partition coefficient (Wildman–Crippen LogP) is 6.27. The number of hydrogen-bond acceptors (Lipinski definition) is 2. The highest BCUT2D eigenvalue weighted by Gasteiger charge is 2.21. The van der Waals surface area contributed by atoms with Gasteiger partial charge in [-0.25, -0.2) is 0 Å². The number of rotatable bonds is 0. The minimum Gasteiger partial charge on any atom is -0.354 e. The van der Waals surface area contributed by atoms with Crippen LogP contribution in [0.15, 0.2) is 79.0 Å². The van der Waals surface area contributed by atoms with Crippen LogP contribution in [0.1, 0.15) is 0 Å². The van der Waals surface area contributed by atoms with E-state index in [0.717, 1.165) is 17.1 Å². The van der Waals surface area contributed by atoms with Gasteiger partial charge in [-0.2, -0.15) is 0 Å². The van der Waals surface area contributed by atoms with Gasteiger partial charge in [-0.15, -0.1) is 0 Å². The third-order valence-electron chi connectivity index (χ3n) is 5.18. The Bertz CT molecular complexity index is 1320. The molecule has 1 aromatic heterocycles. The van der Waals surface area contributed by atoms with Crippen LogP contribution in [-0.4, -0.2) is 4.98 Å². The molecule has 1 N–H and O–H groups in total. The second-order valence-corrected chi connectivity index (χ2v) is 6.60. The van der Waals surface area contributed by atoms with Crippen molar-refractivity contribution in [2.24, 2.45) is 0 Å². The molecule has 1 aliphatic heterocycles. The minimum atomic E-state index is 1.07. The van der Waals surface area contributed by atoms with Crippen LogP contribution in [0.25, 0.3) is 43.6 Å². The van der Waals surface area contributed by atoms with Gasteiger partial charge in [0.25, 0.3) is 0 Å². The first-order valence-electron chi connectivity index (χ1n) is 8.49. The third-order valence-corrected chi connectivity index (χ3v) is 5.18. The molecule has 2 heterocycles. The van der Waals surface area contributed by atoms with Crippen molar-refractivity contribution in [2.45, 2.75) is 0 Å². The van der Waals surface area contributed by atoms with Gasteiger partial charge in [0.1, 0.15) is 0 Å². The van der Waals surface area contributed by atoms with Crippen molar-refractivity contribution in [1.82, 2.24) is 4.98 Å². The molecular formula is C23H14N2. The first-order chi connectivity index (χ1) is 12.4. The van der Waals surface area contributed by atoms with Gasteiger partial charge in [-0.05, 0) is 51.2 Å². The summed E-state index contributed by atoms with van der Waals surface area (Å²) < 4.78 is 0. The van der Waals surface area contributed by atoms with E-state index in [1.54, 1.807) is 0 Å². The fourth-order valence-electron chi connectivity index (χ4n) is 4.04. The molecule has 0 saturated carbocycles. The van der Waals surface area contributed by atoms with Gasteiger partial charge in [0.2, 0.25) is 0 Å². The number of aromatic nitrogens is 1. The first-order valence-corrected chi connectivity index (χ1v) is 8.49. The molecule has 0 aliphatic carbocycles. The lowest BCUT2D eigenvalue weighted by Crippen LogP contribution is -2.03. The molecule has 0 unspecified atom stereocenters. The predicted molar refractivity (Wildman–Crippen MR) is 105 cm³/mol. The molecule has 0 spiro atoms. The summed E-state index contributed by atoms with van der Waals surface area (Å²) in [6.07, 6.45) is 1.93. The highest BCUT2D eigenvalue weighted by atomic mass is 14.9. The second-order valence-electron chi connectivity index (χ2n) is 6.60. The number of anilines is 2. The van der Waals surface area contributed by atoms with E-state index in [2.05, 4.69) is 78.1 Å². The fourth-order valence-corrected chi connectivity index (χ4v) is 4.04. The zero-order valence-corrected chi connectivity index (χ0v) is 13.5. The van der Waals surface area contributed by atoms with Gasteiger partial charge in [0, 0.05) is 28.5 Å². The lowest BCUT2D eigenvalue weighted by molar-refractivity contribution is 1.35. The molecule has 5 aromatic rings. The summed E-state index contributed by atoms with van der Waals surface area (Å²) in [6.45, 7) is 0. The lowest BCUT2D eigenvalue weighted by Gasteiger charge is -2.23. The molecule has 2 heteroatoms. The quantitative estimate of drug-likeness (QED) is 0.334. The molecule has 4 aromatic carbocycles. The Morgan fingerprint density at radius 1 is 0.640 bits per heavy atom. The summed E-state index contributed by atoms with van der Waals surface area (Å²) in [7, 11) is 0. The molecule has 0 fully saturated rings. The van der Waals surface area contributed by atoms with E-state index in [4.69, 9.17) is 4.98 Å². The van der Waals surface area contributed by atoms with Crippen LogP contribution >= 0.6 is 0 Å². The molecule has 0 amide bonds. The average Bonchev–Trinajstić information content (AvgIpc) is 2.67. The maximum absolute atomic E-state index is 4.75. The van der Waals surface area contributed by atoms with Crippen molar-refractivity contribution >= 4 is 43.7 Å². The van der Waals surface area contributed by atoms with E-state index in [0.29, 0.717) is 0 Å². The summed E-state index contributed by atoms with van der Waals surface area (Å²) >= 11 is 0. The first kappa shape index (κ1) is 13.0. The lowest BCUT2D eigenvalue weighted by atomic mass is 9.92. The highest BCUT2D eigenvalue weighted by Crippen LogP contribution is 2.46. The van der Waals surface area contributed by atoms with Crippen LogP contribution in [0.4, 0.5) is 11.4 Å². The topological polar surface area (TPSA) is 24.9 Å². The number of pyridine rings is 1. The van der Waals surface area contributed by atoms with E-state index in [1.807, 2.05) is 6.20 Å². The number of benzene rings is 4. The minimum absolute atomic E-state index is 1.07. The summed E-state index contributed by atoms with van der Waals surface area (Å²) in [4.78, 5) is 4.75. The molecule has 0 bridgehead atoms. The van der Waals surface area contributed by atoms with E-state index in [-0.39, 0.29) is 0 Å². The normalized spacial score (nSPS) is 12.3. The van der Waals surface area contributed by atoms with Gasteiger partial charge < -0.3 is 5.32 Å². The molecule has 1 aliphatic rings. The maximum Gasteiger partial charge on any atom is 0.0822 e. The number of hydrogen-bond donors (Lipinski definition) is 1. The number of fused-ring (bicyclic) bond motifs is 5. The van der Waals surface area contributed by atoms with Gasteiger partial charge in [-0.3, -0.25) is 4.98 Å². The Kier molecular flexibility index (Phi) is 2.37. The van der Waals surface area contributed by atoms with Gasteiger partial charge in [-0.1, -0.05) is 48.5 Å². The van der Waals surface area contributed by atoms with E-state index in [1.165, 1.54) is 37.9 Å². The molecular weight excluding hydrogens is 304 g/mol. The number of nitrogens with zero attached hydrogens (tertiary/aromatic N) is 1. The standard InChI is InChI=1S/C23H14N2/c1-2-6-15-12-20-19(11-14(15)5-1)23-22-18(9-10-24-23)17-8-4-3-7-16(17)13-21(22)25-20/h1-13,25H. The van der Waals surface area contributed by atoms with E-state index >= 15 is 0 Å². The highest BCUT2D eigenvalue weighted by molar-refractivity contribution is 6.20. The van der Waals surface area contributed by atoms with Crippen LogP contribution in [0, 0.1) is 0 Å². The van der Waals surface area contributed by atoms with Crippen molar-refractivity contribution in [1.29, 1.82) is 0 Å². The zero-order chi connectivity index (χ0) is 16.4. The van der Waals surface area contributed by atoms with Crippen molar-refractivity contribution in [3.05, 3.63) is 79.0 Å². The Balaban J connectivity index is 1.80. The summed E-state index contributed by atoms with van der Waals surface area (Å²) in [5.41, 5.74) is 4.51. The largest absolute Gasteiger partial charge is 0.354 e. The SMILES string of the molecule is c1ccc2cc3c(cc2c1)Nc1cc2ccccc2c2ccnc-3c12. The monoisotopic (exact) mass is 318 g/mol. The Hall–Kier alpha value is -3.39. The van der Waals surface area contributed by atoms with Crippen molar-refractivity contribution in [3.8, 4) is 11.3 Å². The van der Waals surface area contributed by atoms with Crippen LogP contribution in [0.5, 0.6) is 0 Å². The van der Waals surface area contributed by atoms with Gasteiger partial charge in [0.15, 0.2) is 0 Å². The van der Waals surface area contributed by atoms with E-state index in [9.17, 15) is 0 Å². The third kappa shape index (κ3) is 1.71. The van der Waals surface area contributed by atoms with Crippen LogP contribution in [-0.2, 0) is 0 Å². The average molecular weight is 318 g/mol. The molecule has 116 valence electrons. The molecule has 0 radical (unpaired) electrons. The summed E-state index contributed by atoms with van der Waals surface area (Å²) in [6, 6.07) is 25.9. The Labute approximate surface area is 144 Å². The van der Waals surface area contributed by atoms with Crippen molar-refractivity contribution in [2.75, 3.05) is 5.32 Å². The summed E-state index contributed by atoms with van der Waals surface area (Å²) in [5, 5.41) is 11.1. The Morgan fingerprint density at radius 3 is 2.24 bits per heavy atom. The van der Waals surface area contributed by atoms with Crippen molar-refractivity contribution in [3.63, 3.8) is 0 Å². The van der Waals surface area contributed by atoms with Crippen LogP contribution in [0.3, 0.4) is 0 Å². The second kappa shape index (κ2) is 4.58. The number of nitrogens with one attached hydrogen (secondary N) is 1.